The lowest BCUT2D eigenvalue weighted by atomic mass is 10.1. The van der Waals surface area contributed by atoms with E-state index in [9.17, 15) is 4.79 Å². The van der Waals surface area contributed by atoms with Gasteiger partial charge in [-0.15, -0.1) is 0 Å². The highest BCUT2D eigenvalue weighted by Gasteiger charge is 2.12. The van der Waals surface area contributed by atoms with Crippen LogP contribution >= 0.6 is 0 Å². The maximum absolute atomic E-state index is 11.2. The molecule has 0 amide bonds. The van der Waals surface area contributed by atoms with Gasteiger partial charge in [0.25, 0.3) is 0 Å². The molecule has 122 valence electrons. The minimum Gasteiger partial charge on any atom is -0.493 e. The van der Waals surface area contributed by atoms with E-state index in [0.29, 0.717) is 28.4 Å². The fraction of sp³-hybridized carbons (Fsp3) is 0.150. The summed E-state index contributed by atoms with van der Waals surface area (Å²) < 4.78 is 15.9. The molecule has 0 saturated heterocycles. The van der Waals surface area contributed by atoms with Crippen molar-refractivity contribution < 1.29 is 19.0 Å². The third-order valence-corrected chi connectivity index (χ3v) is 3.26. The van der Waals surface area contributed by atoms with E-state index in [1.807, 2.05) is 30.3 Å². The second-order valence-corrected chi connectivity index (χ2v) is 4.79. The van der Waals surface area contributed by atoms with Gasteiger partial charge in [0.2, 0.25) is 5.75 Å². The van der Waals surface area contributed by atoms with Crippen LogP contribution in [0.3, 0.4) is 0 Å². The molecule has 0 fully saturated rings. The fourth-order valence-corrected chi connectivity index (χ4v) is 2.13. The first-order valence-corrected chi connectivity index (χ1v) is 7.25. The van der Waals surface area contributed by atoms with Crippen molar-refractivity contribution in [3.63, 3.8) is 0 Å². The Kier molecular flexibility index (Phi) is 6.04. The number of rotatable bonds is 5. The number of aldehydes is 1. The molecule has 0 aliphatic carbocycles. The third kappa shape index (κ3) is 4.17. The maximum Gasteiger partial charge on any atom is 0.203 e. The van der Waals surface area contributed by atoms with E-state index in [1.54, 1.807) is 39.5 Å². The van der Waals surface area contributed by atoms with E-state index >= 15 is 0 Å². The first-order chi connectivity index (χ1) is 11.7. The van der Waals surface area contributed by atoms with Gasteiger partial charge >= 0.3 is 0 Å². The van der Waals surface area contributed by atoms with Crippen molar-refractivity contribution in [2.45, 2.75) is 0 Å². The average molecular weight is 322 g/mol. The second kappa shape index (κ2) is 8.44. The monoisotopic (exact) mass is 322 g/mol. The summed E-state index contributed by atoms with van der Waals surface area (Å²) in [6.45, 7) is 0. The molecule has 0 N–H and O–H groups in total. The van der Waals surface area contributed by atoms with E-state index in [4.69, 9.17) is 14.2 Å². The quantitative estimate of drug-likeness (QED) is 0.481. The summed E-state index contributed by atoms with van der Waals surface area (Å²) in [5.41, 5.74) is 1.96. The van der Waals surface area contributed by atoms with Crippen LogP contribution in [-0.2, 0) is 4.79 Å². The molecule has 0 aliphatic heterocycles. The zero-order valence-corrected chi connectivity index (χ0v) is 13.8. The Morgan fingerprint density at radius 2 is 1.58 bits per heavy atom. The van der Waals surface area contributed by atoms with Crippen molar-refractivity contribution in [2.24, 2.45) is 0 Å². The molecule has 4 heteroatoms. The lowest BCUT2D eigenvalue weighted by Crippen LogP contribution is -1.95. The summed E-state index contributed by atoms with van der Waals surface area (Å²) in [5.74, 6) is 7.35. The number of carbonyl (C=O) groups is 1. The van der Waals surface area contributed by atoms with Gasteiger partial charge in [0.1, 0.15) is 0 Å². The lowest BCUT2D eigenvalue weighted by molar-refractivity contribution is -0.104. The second-order valence-electron chi connectivity index (χ2n) is 4.79. The van der Waals surface area contributed by atoms with Crippen LogP contribution in [0.15, 0.2) is 48.0 Å². The Hall–Kier alpha value is -3.19. The molecule has 0 bridgehead atoms. The van der Waals surface area contributed by atoms with Crippen molar-refractivity contribution in [3.05, 3.63) is 59.2 Å². The van der Waals surface area contributed by atoms with Gasteiger partial charge in [-0.05, 0) is 23.8 Å². The van der Waals surface area contributed by atoms with Gasteiger partial charge in [0.05, 0.1) is 26.9 Å². The predicted octanol–water partition coefficient (Wildman–Crippen LogP) is 3.35. The van der Waals surface area contributed by atoms with Gasteiger partial charge in [-0.2, -0.15) is 0 Å². The highest BCUT2D eigenvalue weighted by atomic mass is 16.5. The van der Waals surface area contributed by atoms with Gasteiger partial charge in [-0.1, -0.05) is 42.2 Å². The molecule has 2 aromatic carbocycles. The molecule has 2 aromatic rings. The number of hydrogen-bond donors (Lipinski definition) is 0. The molecule has 0 unspecified atom stereocenters. The Morgan fingerprint density at radius 1 is 0.958 bits per heavy atom. The number of hydrogen-bond acceptors (Lipinski definition) is 4. The van der Waals surface area contributed by atoms with Crippen molar-refractivity contribution >= 4 is 12.4 Å². The van der Waals surface area contributed by atoms with Crippen molar-refractivity contribution in [2.75, 3.05) is 21.3 Å². The van der Waals surface area contributed by atoms with E-state index in [0.717, 1.165) is 11.8 Å². The molecule has 0 heterocycles. The summed E-state index contributed by atoms with van der Waals surface area (Å²) in [4.78, 5) is 11.2. The highest BCUT2D eigenvalue weighted by Crippen LogP contribution is 2.37. The standard InChI is InChI=1S/C20H18O4/c1-22-18-12-16(13-19(23-2)20(18)24-3)9-10-17(14-21)11-15-7-5-4-6-8-15/h4-8,11-14H,1-3H3/b17-11+. The Labute approximate surface area is 141 Å². The first kappa shape index (κ1) is 17.2. The first-order valence-electron chi connectivity index (χ1n) is 7.25. The van der Waals surface area contributed by atoms with Crippen LogP contribution in [0.5, 0.6) is 17.2 Å². The largest absolute Gasteiger partial charge is 0.493 e. The molecule has 0 spiro atoms. The Bertz CT molecular complexity index is 770. The van der Waals surface area contributed by atoms with E-state index in [1.165, 1.54) is 0 Å². The molecule has 0 atom stereocenters. The molecule has 0 saturated carbocycles. The SMILES string of the molecule is COc1cc(C#C/C(C=O)=C\c2ccccc2)cc(OC)c1OC. The normalized spacial score (nSPS) is 10.4. The summed E-state index contributed by atoms with van der Waals surface area (Å²) >= 11 is 0. The van der Waals surface area contributed by atoms with Crippen molar-refractivity contribution in [3.8, 4) is 29.1 Å². The maximum atomic E-state index is 11.2. The van der Waals surface area contributed by atoms with Gasteiger partial charge in [0.15, 0.2) is 17.8 Å². The molecule has 0 aliphatic rings. The van der Waals surface area contributed by atoms with Crippen LogP contribution in [0.2, 0.25) is 0 Å². The number of benzene rings is 2. The van der Waals surface area contributed by atoms with E-state index in [2.05, 4.69) is 11.8 Å². The summed E-state index contributed by atoms with van der Waals surface area (Å²) in [5, 5.41) is 0. The van der Waals surface area contributed by atoms with Crippen molar-refractivity contribution in [1.82, 2.24) is 0 Å². The average Bonchev–Trinajstić information content (AvgIpc) is 2.64. The van der Waals surface area contributed by atoms with E-state index in [-0.39, 0.29) is 0 Å². The number of ether oxygens (including phenoxy) is 3. The van der Waals surface area contributed by atoms with Crippen LogP contribution in [0, 0.1) is 11.8 Å². The predicted molar refractivity (Wildman–Crippen MR) is 93.5 cm³/mol. The topological polar surface area (TPSA) is 44.8 Å². The Morgan fingerprint density at radius 3 is 2.08 bits per heavy atom. The van der Waals surface area contributed by atoms with E-state index < -0.39 is 0 Å². The molecule has 2 rings (SSSR count). The lowest BCUT2D eigenvalue weighted by Gasteiger charge is -2.12. The minimum absolute atomic E-state index is 0.384. The van der Waals surface area contributed by atoms with Crippen LogP contribution in [-0.4, -0.2) is 27.6 Å². The summed E-state index contributed by atoms with van der Waals surface area (Å²) in [6.07, 6.45) is 2.47. The molecule has 0 radical (unpaired) electrons. The van der Waals surface area contributed by atoms with Gasteiger partial charge in [-0.3, -0.25) is 4.79 Å². The van der Waals surface area contributed by atoms with Crippen LogP contribution in [0.1, 0.15) is 11.1 Å². The number of methoxy groups -OCH3 is 3. The van der Waals surface area contributed by atoms with Gasteiger partial charge < -0.3 is 14.2 Å². The molecular weight excluding hydrogens is 304 g/mol. The highest BCUT2D eigenvalue weighted by molar-refractivity contribution is 5.88. The molecule has 24 heavy (non-hydrogen) atoms. The summed E-state index contributed by atoms with van der Waals surface area (Å²) in [7, 11) is 4.63. The van der Waals surface area contributed by atoms with Crippen LogP contribution < -0.4 is 14.2 Å². The fourth-order valence-electron chi connectivity index (χ4n) is 2.13. The number of allylic oxidation sites excluding steroid dienone is 1. The molecule has 4 nitrogen and oxygen atoms in total. The smallest absolute Gasteiger partial charge is 0.203 e. The molecular formula is C20H18O4. The van der Waals surface area contributed by atoms with Gasteiger partial charge in [-0.25, -0.2) is 0 Å². The third-order valence-electron chi connectivity index (χ3n) is 3.26. The zero-order valence-electron chi connectivity index (χ0n) is 13.8. The van der Waals surface area contributed by atoms with Crippen LogP contribution in [0.25, 0.3) is 6.08 Å². The summed E-state index contributed by atoms with van der Waals surface area (Å²) in [6, 6.07) is 13.0. The Balaban J connectivity index is 2.39. The van der Waals surface area contributed by atoms with Crippen LogP contribution in [0.4, 0.5) is 0 Å². The zero-order chi connectivity index (χ0) is 17.4. The molecule has 0 aromatic heterocycles. The van der Waals surface area contributed by atoms with Gasteiger partial charge in [0, 0.05) is 5.56 Å². The van der Waals surface area contributed by atoms with Crippen molar-refractivity contribution in [1.29, 1.82) is 0 Å². The number of carbonyl (C=O) groups excluding carboxylic acids is 1. The minimum atomic E-state index is 0.384.